The average molecular weight is 286 g/mol. The zero-order valence-electron chi connectivity index (χ0n) is 10.7. The van der Waals surface area contributed by atoms with Crippen LogP contribution in [0.5, 0.6) is 5.75 Å². The van der Waals surface area contributed by atoms with Gasteiger partial charge in [-0.05, 0) is 36.6 Å². The molecule has 1 aliphatic carbocycles. The van der Waals surface area contributed by atoms with E-state index in [9.17, 15) is 18.0 Å². The monoisotopic (exact) mass is 286 g/mol. The average Bonchev–Trinajstić information content (AvgIpc) is 3.18. The van der Waals surface area contributed by atoms with Gasteiger partial charge >= 0.3 is 12.6 Å². The van der Waals surface area contributed by atoms with Crippen LogP contribution >= 0.6 is 0 Å². The van der Waals surface area contributed by atoms with Crippen molar-refractivity contribution in [1.82, 2.24) is 0 Å². The molecule has 0 bridgehead atoms. The fourth-order valence-electron chi connectivity index (χ4n) is 2.02. The predicted octanol–water partition coefficient (Wildman–Crippen LogP) is 3.35. The molecule has 20 heavy (non-hydrogen) atoms. The first-order chi connectivity index (χ1) is 9.47. The summed E-state index contributed by atoms with van der Waals surface area (Å²) in [6.45, 7) is -2.88. The summed E-state index contributed by atoms with van der Waals surface area (Å²) in [5, 5.41) is 0. The Hall–Kier alpha value is -1.98. The van der Waals surface area contributed by atoms with Gasteiger partial charge in [0.15, 0.2) is 0 Å². The number of carbonyl (C=O) groups excluding carboxylic acids is 1. The molecule has 2 rings (SSSR count). The molecule has 0 aliphatic heterocycles. The van der Waals surface area contributed by atoms with Crippen LogP contribution in [0.1, 0.15) is 18.4 Å². The number of halogens is 3. The third kappa shape index (κ3) is 3.12. The lowest BCUT2D eigenvalue weighted by atomic mass is 9.95. The minimum atomic E-state index is -2.88. The first-order valence-corrected chi connectivity index (χ1v) is 5.99. The van der Waals surface area contributed by atoms with Crippen molar-refractivity contribution in [2.75, 3.05) is 7.11 Å². The maximum Gasteiger partial charge on any atom is 0.387 e. The zero-order valence-corrected chi connectivity index (χ0v) is 10.7. The van der Waals surface area contributed by atoms with Crippen molar-refractivity contribution < 1.29 is 27.4 Å². The fraction of sp³-hybridized carbons (Fsp3) is 0.357. The van der Waals surface area contributed by atoms with E-state index in [0.717, 1.165) is 12.7 Å². The number of methoxy groups -OCH3 is 1. The van der Waals surface area contributed by atoms with Crippen LogP contribution in [-0.4, -0.2) is 19.7 Å². The highest BCUT2D eigenvalue weighted by molar-refractivity contribution is 5.86. The molecule has 6 heteroatoms. The van der Waals surface area contributed by atoms with Crippen molar-refractivity contribution in [3.63, 3.8) is 0 Å². The number of esters is 1. The van der Waals surface area contributed by atoms with Crippen LogP contribution in [0.4, 0.5) is 13.2 Å². The second kappa shape index (κ2) is 5.56. The Labute approximate surface area is 114 Å². The molecule has 0 spiro atoms. The molecule has 108 valence electrons. The van der Waals surface area contributed by atoms with E-state index in [0.29, 0.717) is 12.8 Å². The minimum Gasteiger partial charge on any atom is -0.464 e. The topological polar surface area (TPSA) is 35.5 Å². The number of alkyl halides is 2. The van der Waals surface area contributed by atoms with Gasteiger partial charge < -0.3 is 9.47 Å². The van der Waals surface area contributed by atoms with Gasteiger partial charge in [0.05, 0.1) is 7.11 Å². The molecule has 0 aromatic heterocycles. The molecule has 0 heterocycles. The Balaban J connectivity index is 2.17. The first kappa shape index (κ1) is 14.4. The lowest BCUT2D eigenvalue weighted by Gasteiger charge is -2.12. The lowest BCUT2D eigenvalue weighted by Crippen LogP contribution is -2.08. The Kier molecular flexibility index (Phi) is 4.01. The molecular formula is C14H13F3O3. The van der Waals surface area contributed by atoms with Gasteiger partial charge in [0, 0.05) is 5.41 Å². The van der Waals surface area contributed by atoms with E-state index in [1.165, 1.54) is 18.2 Å². The maximum atomic E-state index is 13.5. The van der Waals surface area contributed by atoms with E-state index in [2.05, 4.69) is 9.47 Å². The number of ether oxygens (including phenoxy) is 2. The van der Waals surface area contributed by atoms with E-state index in [4.69, 9.17) is 0 Å². The van der Waals surface area contributed by atoms with Crippen molar-refractivity contribution in [2.24, 2.45) is 0 Å². The van der Waals surface area contributed by atoms with Crippen molar-refractivity contribution in [3.05, 3.63) is 41.7 Å². The highest BCUT2D eigenvalue weighted by Crippen LogP contribution is 2.50. The third-order valence-electron chi connectivity index (χ3n) is 3.23. The normalized spacial score (nSPS) is 16.9. The largest absolute Gasteiger partial charge is 0.464 e. The van der Waals surface area contributed by atoms with Crippen LogP contribution in [0.2, 0.25) is 0 Å². The van der Waals surface area contributed by atoms with Crippen molar-refractivity contribution in [1.29, 1.82) is 0 Å². The van der Waals surface area contributed by atoms with Crippen LogP contribution < -0.4 is 4.74 Å². The molecule has 3 nitrogen and oxygen atoms in total. The van der Waals surface area contributed by atoms with Gasteiger partial charge in [-0.1, -0.05) is 12.1 Å². The van der Waals surface area contributed by atoms with Gasteiger partial charge in [-0.25, -0.2) is 4.79 Å². The summed E-state index contributed by atoms with van der Waals surface area (Å²) in [5.74, 6) is -1.93. The summed E-state index contributed by atoms with van der Waals surface area (Å²) in [5.41, 5.74) is 0.194. The van der Waals surface area contributed by atoms with E-state index in [1.54, 1.807) is 12.1 Å². The summed E-state index contributed by atoms with van der Waals surface area (Å²) >= 11 is 0. The number of benzene rings is 1. The molecule has 1 saturated carbocycles. The summed E-state index contributed by atoms with van der Waals surface area (Å²) < 4.78 is 46.1. The van der Waals surface area contributed by atoms with Crippen LogP contribution in [0.25, 0.3) is 0 Å². The maximum absolute atomic E-state index is 13.5. The number of hydrogen-bond donors (Lipinski definition) is 0. The predicted molar refractivity (Wildman–Crippen MR) is 65.2 cm³/mol. The molecule has 0 atom stereocenters. The van der Waals surface area contributed by atoms with Crippen LogP contribution in [-0.2, 0) is 14.9 Å². The number of hydrogen-bond acceptors (Lipinski definition) is 3. The van der Waals surface area contributed by atoms with Crippen molar-refractivity contribution in [3.8, 4) is 5.75 Å². The zero-order chi connectivity index (χ0) is 14.8. The lowest BCUT2D eigenvalue weighted by molar-refractivity contribution is -0.137. The second-order valence-corrected chi connectivity index (χ2v) is 4.54. The van der Waals surface area contributed by atoms with E-state index < -0.39 is 23.8 Å². The van der Waals surface area contributed by atoms with Gasteiger partial charge in [0.1, 0.15) is 5.75 Å². The molecular weight excluding hydrogens is 273 g/mol. The van der Waals surface area contributed by atoms with Gasteiger partial charge in [-0.2, -0.15) is 13.2 Å². The molecule has 0 unspecified atom stereocenters. The van der Waals surface area contributed by atoms with Crippen LogP contribution in [0, 0.1) is 0 Å². The molecule has 0 N–H and O–H groups in total. The van der Waals surface area contributed by atoms with Crippen LogP contribution in [0.15, 0.2) is 36.2 Å². The quantitative estimate of drug-likeness (QED) is 0.615. The van der Waals surface area contributed by atoms with Crippen LogP contribution in [0.3, 0.4) is 0 Å². The molecule has 1 fully saturated rings. The standard InChI is InChI=1S/C14H13F3O3/c1-19-12(18)11(15)8-14(6-7-14)9-2-4-10(5-3-9)20-13(16)17/h2-5,8,13H,6-7H2,1H3/b11-8-. The molecule has 1 aromatic rings. The number of carbonyl (C=O) groups is 1. The van der Waals surface area contributed by atoms with E-state index >= 15 is 0 Å². The van der Waals surface area contributed by atoms with E-state index in [1.807, 2.05) is 0 Å². The van der Waals surface area contributed by atoms with E-state index in [-0.39, 0.29) is 5.75 Å². The number of allylic oxidation sites excluding steroid dienone is 1. The van der Waals surface area contributed by atoms with Gasteiger partial charge in [-0.3, -0.25) is 0 Å². The molecule has 1 aliphatic rings. The van der Waals surface area contributed by atoms with Gasteiger partial charge in [0.25, 0.3) is 0 Å². The SMILES string of the molecule is COC(=O)/C(F)=C/C1(c2ccc(OC(F)F)cc2)CC1. The van der Waals surface area contributed by atoms with Crippen molar-refractivity contribution in [2.45, 2.75) is 24.9 Å². The molecule has 0 saturated heterocycles. The molecule has 1 aromatic carbocycles. The van der Waals surface area contributed by atoms with Crippen molar-refractivity contribution >= 4 is 5.97 Å². The Morgan fingerprint density at radius 2 is 1.90 bits per heavy atom. The van der Waals surface area contributed by atoms with Gasteiger partial charge in [0.2, 0.25) is 5.83 Å². The fourth-order valence-corrected chi connectivity index (χ4v) is 2.02. The molecule has 0 radical (unpaired) electrons. The first-order valence-electron chi connectivity index (χ1n) is 5.99. The summed E-state index contributed by atoms with van der Waals surface area (Å²) in [6, 6.07) is 5.97. The van der Waals surface area contributed by atoms with Gasteiger partial charge in [-0.15, -0.1) is 0 Å². The Morgan fingerprint density at radius 1 is 1.30 bits per heavy atom. The summed E-state index contributed by atoms with van der Waals surface area (Å²) in [7, 11) is 1.10. The smallest absolute Gasteiger partial charge is 0.387 e. The second-order valence-electron chi connectivity index (χ2n) is 4.54. The Bertz CT molecular complexity index is 519. The Morgan fingerprint density at radius 3 is 2.35 bits per heavy atom. The molecule has 0 amide bonds. The summed E-state index contributed by atoms with van der Waals surface area (Å²) in [4.78, 5) is 11.1. The highest BCUT2D eigenvalue weighted by Gasteiger charge is 2.43. The third-order valence-corrected chi connectivity index (χ3v) is 3.23. The minimum absolute atomic E-state index is 0.0389. The highest BCUT2D eigenvalue weighted by atomic mass is 19.3. The summed E-state index contributed by atoms with van der Waals surface area (Å²) in [6.07, 6.45) is 2.60. The number of rotatable bonds is 5.